The van der Waals surface area contributed by atoms with E-state index in [0.717, 1.165) is 16.5 Å². The molecule has 0 saturated heterocycles. The number of fused-ring (bicyclic) bond motifs is 1. The Kier molecular flexibility index (Phi) is 12.9. The molecule has 0 fully saturated rings. The van der Waals surface area contributed by atoms with E-state index in [2.05, 4.69) is 31.6 Å². The van der Waals surface area contributed by atoms with Gasteiger partial charge in [0, 0.05) is 24.2 Å². The molecule has 7 atom stereocenters. The van der Waals surface area contributed by atoms with Crippen molar-refractivity contribution in [3.63, 3.8) is 0 Å². The number of aliphatic hydroxyl groups is 3. The van der Waals surface area contributed by atoms with E-state index in [1.807, 2.05) is 51.1 Å². The average Bonchev–Trinajstić information content (AvgIpc) is 2.98. The lowest BCUT2D eigenvalue weighted by molar-refractivity contribution is -0.127. The van der Waals surface area contributed by atoms with Crippen molar-refractivity contribution < 1.29 is 30.0 Å². The number of aliphatic hydroxyl groups excluding tert-OH is 3. The van der Waals surface area contributed by atoms with Gasteiger partial charge in [0.15, 0.2) is 0 Å². The van der Waals surface area contributed by atoms with Gasteiger partial charge in [0.1, 0.15) is 24.4 Å². The first-order chi connectivity index (χ1) is 20.9. The largest absolute Gasteiger partial charge is 0.508 e. The van der Waals surface area contributed by atoms with Gasteiger partial charge in [-0.15, -0.1) is 0 Å². The van der Waals surface area contributed by atoms with Gasteiger partial charge in [0.05, 0.1) is 29.7 Å². The summed E-state index contributed by atoms with van der Waals surface area (Å²) in [5, 5.41) is 57.8. The number of nitrogens with zero attached hydrogens (tertiary/aromatic N) is 1. The quantitative estimate of drug-likeness (QED) is 0.108. The number of phenols is 1. The van der Waals surface area contributed by atoms with Crippen LogP contribution in [0.25, 0.3) is 10.9 Å². The van der Waals surface area contributed by atoms with Crippen LogP contribution >= 0.6 is 0 Å². The molecule has 1 aromatic heterocycles. The van der Waals surface area contributed by atoms with E-state index in [0.29, 0.717) is 12.1 Å². The number of pyridine rings is 1. The van der Waals surface area contributed by atoms with Crippen LogP contribution in [0.3, 0.4) is 0 Å². The fourth-order valence-electron chi connectivity index (χ4n) is 4.89. The lowest BCUT2D eigenvalue weighted by atomic mass is 10.00. The second-order valence-corrected chi connectivity index (χ2v) is 11.4. The van der Waals surface area contributed by atoms with Crippen molar-refractivity contribution in [3.05, 3.63) is 66.4 Å². The van der Waals surface area contributed by atoms with Gasteiger partial charge in [0.2, 0.25) is 11.8 Å². The number of nitrogens with one attached hydrogen (secondary N) is 5. The topological polar surface area (TPSA) is 188 Å². The number of phenolic OH excluding ortho intramolecular Hbond substituents is 1. The molecule has 12 heteroatoms. The minimum Gasteiger partial charge on any atom is -0.508 e. The van der Waals surface area contributed by atoms with Crippen molar-refractivity contribution in [2.45, 2.75) is 90.3 Å². The minimum atomic E-state index is -1.28. The number of carbonyl (C=O) groups is 2. The van der Waals surface area contributed by atoms with Crippen molar-refractivity contribution in [1.82, 2.24) is 26.3 Å². The molecule has 9 N–H and O–H groups in total. The van der Waals surface area contributed by atoms with Crippen LogP contribution in [0.1, 0.15) is 46.6 Å². The molecule has 12 nitrogen and oxygen atoms in total. The molecule has 0 aliphatic carbocycles. The SMILES string of the molecule is CCC(NC(O)C(C)NC(=O)C(NC(O)C(Cc1ccc(O)cc1)NC(C)=O)C(C)C)C(O)Nc1ccc2ncccc2c1. The summed E-state index contributed by atoms with van der Waals surface area (Å²) < 4.78 is 0. The molecule has 3 aromatic rings. The van der Waals surface area contributed by atoms with E-state index < -0.39 is 48.8 Å². The number of benzene rings is 2. The summed E-state index contributed by atoms with van der Waals surface area (Å²) in [6.45, 7) is 8.47. The maximum Gasteiger partial charge on any atom is 0.237 e. The fourth-order valence-corrected chi connectivity index (χ4v) is 4.89. The first kappa shape index (κ1) is 34.7. The smallest absolute Gasteiger partial charge is 0.237 e. The summed E-state index contributed by atoms with van der Waals surface area (Å²) >= 11 is 0. The standard InChI is InChI=1S/C32H46N6O6/c1-6-25(30(42)36-23-11-14-26-22(17-23)8-7-15-33-26)37-29(41)19(4)34-32(44)28(18(2)3)38-31(43)27(35-20(5)39)16-21-9-12-24(40)13-10-21/h7-15,17-19,25,27-31,36-38,40-43H,6,16H2,1-5H3,(H,34,44)(H,35,39). The molecule has 0 aliphatic rings. The lowest BCUT2D eigenvalue weighted by Crippen LogP contribution is -2.61. The number of amides is 2. The zero-order valence-electron chi connectivity index (χ0n) is 25.9. The van der Waals surface area contributed by atoms with Crippen molar-refractivity contribution in [3.8, 4) is 5.75 Å². The molecule has 3 rings (SSSR count). The van der Waals surface area contributed by atoms with Crippen molar-refractivity contribution >= 4 is 28.4 Å². The highest BCUT2D eigenvalue weighted by Gasteiger charge is 2.31. The van der Waals surface area contributed by atoms with E-state index in [4.69, 9.17) is 0 Å². The van der Waals surface area contributed by atoms with Crippen LogP contribution in [0, 0.1) is 5.92 Å². The summed E-state index contributed by atoms with van der Waals surface area (Å²) in [5.41, 5.74) is 2.31. The van der Waals surface area contributed by atoms with Crippen molar-refractivity contribution in [2.75, 3.05) is 5.32 Å². The third-order valence-electron chi connectivity index (χ3n) is 7.43. The maximum absolute atomic E-state index is 13.3. The summed E-state index contributed by atoms with van der Waals surface area (Å²) in [6, 6.07) is 12.8. The van der Waals surface area contributed by atoms with Crippen LogP contribution in [0.2, 0.25) is 0 Å². The number of carbonyl (C=O) groups excluding carboxylic acids is 2. The molecule has 0 radical (unpaired) electrons. The Labute approximate surface area is 258 Å². The lowest BCUT2D eigenvalue weighted by Gasteiger charge is -2.33. The molecule has 0 bridgehead atoms. The van der Waals surface area contributed by atoms with Gasteiger partial charge in [-0.1, -0.05) is 39.0 Å². The molecule has 0 spiro atoms. The van der Waals surface area contributed by atoms with E-state index in [1.54, 1.807) is 25.3 Å². The monoisotopic (exact) mass is 610 g/mol. The van der Waals surface area contributed by atoms with Crippen LogP contribution in [0.5, 0.6) is 5.75 Å². The molecular formula is C32H46N6O6. The third-order valence-corrected chi connectivity index (χ3v) is 7.43. The number of rotatable bonds is 16. The van der Waals surface area contributed by atoms with Gasteiger partial charge in [0.25, 0.3) is 0 Å². The maximum atomic E-state index is 13.3. The molecule has 0 aliphatic heterocycles. The number of aromatic nitrogens is 1. The predicted octanol–water partition coefficient (Wildman–Crippen LogP) is 1.54. The first-order valence-corrected chi connectivity index (χ1v) is 14.9. The summed E-state index contributed by atoms with van der Waals surface area (Å²) in [5.74, 6) is -0.942. The van der Waals surface area contributed by atoms with Gasteiger partial charge < -0.3 is 36.4 Å². The molecule has 2 amide bonds. The highest BCUT2D eigenvalue weighted by atomic mass is 16.3. The Bertz CT molecular complexity index is 1360. The van der Waals surface area contributed by atoms with E-state index in [9.17, 15) is 30.0 Å². The Balaban J connectivity index is 1.59. The zero-order valence-corrected chi connectivity index (χ0v) is 25.9. The molecule has 2 aromatic carbocycles. The molecule has 44 heavy (non-hydrogen) atoms. The number of hydrogen-bond donors (Lipinski definition) is 9. The molecule has 1 heterocycles. The summed E-state index contributed by atoms with van der Waals surface area (Å²) in [6.07, 6.45) is -1.06. The minimum absolute atomic E-state index is 0.101. The average molecular weight is 611 g/mol. The fraction of sp³-hybridized carbons (Fsp3) is 0.469. The van der Waals surface area contributed by atoms with Crippen LogP contribution < -0.4 is 26.6 Å². The van der Waals surface area contributed by atoms with Gasteiger partial charge in [-0.3, -0.25) is 25.2 Å². The Morgan fingerprint density at radius 2 is 1.57 bits per heavy atom. The molecular weight excluding hydrogens is 564 g/mol. The highest BCUT2D eigenvalue weighted by Crippen LogP contribution is 2.19. The number of aromatic hydroxyl groups is 1. The predicted molar refractivity (Wildman–Crippen MR) is 169 cm³/mol. The van der Waals surface area contributed by atoms with Gasteiger partial charge in [-0.2, -0.15) is 0 Å². The first-order valence-electron chi connectivity index (χ1n) is 14.9. The molecule has 0 saturated carbocycles. The second-order valence-electron chi connectivity index (χ2n) is 11.4. The van der Waals surface area contributed by atoms with E-state index in [1.165, 1.54) is 19.1 Å². The van der Waals surface area contributed by atoms with Gasteiger partial charge in [-0.25, -0.2) is 0 Å². The number of anilines is 1. The Hall–Kier alpha value is -3.81. The van der Waals surface area contributed by atoms with E-state index in [-0.39, 0.29) is 24.0 Å². The van der Waals surface area contributed by atoms with Gasteiger partial charge in [-0.05, 0) is 67.6 Å². The normalized spacial score (nSPS) is 16.4. The Morgan fingerprint density at radius 3 is 2.20 bits per heavy atom. The Morgan fingerprint density at radius 1 is 0.864 bits per heavy atom. The van der Waals surface area contributed by atoms with Crippen LogP contribution in [-0.4, -0.2) is 80.1 Å². The molecule has 7 unspecified atom stereocenters. The van der Waals surface area contributed by atoms with Crippen molar-refractivity contribution in [1.29, 1.82) is 0 Å². The van der Waals surface area contributed by atoms with E-state index >= 15 is 0 Å². The highest BCUT2D eigenvalue weighted by molar-refractivity contribution is 5.83. The van der Waals surface area contributed by atoms with Gasteiger partial charge >= 0.3 is 0 Å². The molecule has 240 valence electrons. The third kappa shape index (κ3) is 10.1. The van der Waals surface area contributed by atoms with Crippen LogP contribution in [0.4, 0.5) is 5.69 Å². The zero-order chi connectivity index (χ0) is 32.4. The summed E-state index contributed by atoms with van der Waals surface area (Å²) in [4.78, 5) is 29.5. The van der Waals surface area contributed by atoms with Crippen LogP contribution in [0.15, 0.2) is 60.8 Å². The van der Waals surface area contributed by atoms with Crippen LogP contribution in [-0.2, 0) is 16.0 Å². The van der Waals surface area contributed by atoms with Crippen molar-refractivity contribution in [2.24, 2.45) is 5.92 Å². The summed E-state index contributed by atoms with van der Waals surface area (Å²) in [7, 11) is 0. The second kappa shape index (κ2) is 16.3. The number of hydrogen-bond acceptors (Lipinski definition) is 10.